The maximum absolute atomic E-state index is 12.8. The Kier molecular flexibility index (Phi) is 5.93. The van der Waals surface area contributed by atoms with E-state index in [1.165, 1.54) is 23.4 Å². The molecule has 8 heteroatoms. The van der Waals surface area contributed by atoms with E-state index in [-0.39, 0.29) is 11.7 Å². The number of nitrogens with one attached hydrogen (secondary N) is 1. The summed E-state index contributed by atoms with van der Waals surface area (Å²) in [5.41, 5.74) is 3.27. The third kappa shape index (κ3) is 4.12. The number of rotatable bonds is 5. The molecule has 2 aromatic heterocycles. The van der Waals surface area contributed by atoms with E-state index in [0.29, 0.717) is 22.3 Å². The van der Waals surface area contributed by atoms with Crippen molar-refractivity contribution < 1.29 is 4.79 Å². The molecule has 0 unspecified atom stereocenters. The summed E-state index contributed by atoms with van der Waals surface area (Å²) in [6, 6.07) is 5.88. The number of benzene rings is 1. The van der Waals surface area contributed by atoms with Crippen LogP contribution in [0.2, 0.25) is 0 Å². The first kappa shape index (κ1) is 20.9. The maximum atomic E-state index is 12.8. The zero-order valence-electron chi connectivity index (χ0n) is 17.2. The van der Waals surface area contributed by atoms with Gasteiger partial charge in [0, 0.05) is 30.9 Å². The lowest BCUT2D eigenvalue weighted by atomic mass is 10.1. The van der Waals surface area contributed by atoms with Gasteiger partial charge in [-0.15, -0.1) is 11.8 Å². The van der Waals surface area contributed by atoms with Gasteiger partial charge in [-0.3, -0.25) is 18.7 Å². The van der Waals surface area contributed by atoms with Crippen LogP contribution in [0.25, 0.3) is 11.0 Å². The number of pyridine rings is 1. The summed E-state index contributed by atoms with van der Waals surface area (Å²) in [5, 5.41) is 3.29. The number of nitrogens with zero attached hydrogens (tertiary/aromatic N) is 3. The Morgan fingerprint density at radius 1 is 1.10 bits per heavy atom. The van der Waals surface area contributed by atoms with E-state index >= 15 is 0 Å². The second kappa shape index (κ2) is 8.24. The fourth-order valence-corrected chi connectivity index (χ4v) is 4.39. The van der Waals surface area contributed by atoms with Gasteiger partial charge < -0.3 is 5.32 Å². The molecule has 3 rings (SSSR count). The number of hydrogen-bond donors (Lipinski definition) is 1. The fraction of sp³-hybridized carbons (Fsp3) is 0.333. The van der Waals surface area contributed by atoms with Crippen LogP contribution in [0.1, 0.15) is 23.6 Å². The van der Waals surface area contributed by atoms with E-state index in [9.17, 15) is 14.4 Å². The van der Waals surface area contributed by atoms with E-state index in [1.807, 2.05) is 39.0 Å². The van der Waals surface area contributed by atoms with E-state index < -0.39 is 11.2 Å². The van der Waals surface area contributed by atoms with Gasteiger partial charge in [-0.05, 0) is 49.1 Å². The predicted molar refractivity (Wildman–Crippen MR) is 117 cm³/mol. The third-order valence-electron chi connectivity index (χ3n) is 4.73. The van der Waals surface area contributed by atoms with Crippen LogP contribution in [-0.2, 0) is 25.3 Å². The molecule has 7 nitrogen and oxygen atoms in total. The molecule has 1 N–H and O–H groups in total. The zero-order valence-corrected chi connectivity index (χ0v) is 18.0. The quantitative estimate of drug-likeness (QED) is 0.651. The molecule has 1 amide bonds. The highest BCUT2D eigenvalue weighted by molar-refractivity contribution is 8.00. The van der Waals surface area contributed by atoms with Crippen LogP contribution in [0, 0.1) is 13.8 Å². The van der Waals surface area contributed by atoms with Crippen molar-refractivity contribution in [3.63, 3.8) is 0 Å². The Morgan fingerprint density at radius 3 is 2.38 bits per heavy atom. The molecule has 0 saturated carbocycles. The zero-order chi connectivity index (χ0) is 21.3. The van der Waals surface area contributed by atoms with Gasteiger partial charge in [0.25, 0.3) is 5.56 Å². The second-order valence-electron chi connectivity index (χ2n) is 7.08. The predicted octanol–water partition coefficient (Wildman–Crippen LogP) is 2.54. The lowest BCUT2D eigenvalue weighted by molar-refractivity contribution is -0.113. The largest absolute Gasteiger partial charge is 0.332 e. The number of fused-ring (bicyclic) bond motifs is 1. The first-order valence-corrected chi connectivity index (χ1v) is 10.3. The van der Waals surface area contributed by atoms with Crippen molar-refractivity contribution in [2.75, 3.05) is 11.1 Å². The van der Waals surface area contributed by atoms with Gasteiger partial charge in [0.2, 0.25) is 5.91 Å². The molecule has 0 bridgehead atoms. The smallest absolute Gasteiger partial charge is 0.325 e. The molecule has 0 aliphatic carbocycles. The van der Waals surface area contributed by atoms with Gasteiger partial charge in [0.05, 0.1) is 11.1 Å². The van der Waals surface area contributed by atoms with Gasteiger partial charge in [0.15, 0.2) is 0 Å². The van der Waals surface area contributed by atoms with Crippen molar-refractivity contribution in [3.05, 3.63) is 61.9 Å². The summed E-state index contributed by atoms with van der Waals surface area (Å²) in [5.74, 6) is -0.0147. The number of hydrogen-bond acceptors (Lipinski definition) is 5. The molecule has 0 aliphatic heterocycles. The molecule has 3 aromatic rings. The van der Waals surface area contributed by atoms with Crippen LogP contribution in [0.4, 0.5) is 5.69 Å². The van der Waals surface area contributed by atoms with Crippen molar-refractivity contribution >= 4 is 34.4 Å². The van der Waals surface area contributed by atoms with E-state index in [0.717, 1.165) is 26.9 Å². The van der Waals surface area contributed by atoms with Crippen LogP contribution in [-0.4, -0.2) is 25.8 Å². The highest BCUT2D eigenvalue weighted by Gasteiger charge is 2.18. The Morgan fingerprint density at radius 2 is 1.76 bits per heavy atom. The monoisotopic (exact) mass is 412 g/mol. The lowest BCUT2D eigenvalue weighted by Gasteiger charge is -2.13. The average molecular weight is 413 g/mol. The van der Waals surface area contributed by atoms with Gasteiger partial charge in [0.1, 0.15) is 5.65 Å². The molecule has 0 aliphatic rings. The number of thioether (sulfide) groups is 1. The number of carbonyl (C=O) groups excluding carboxylic acids is 1. The minimum absolute atomic E-state index is 0.144. The average Bonchev–Trinajstić information content (AvgIpc) is 2.67. The first-order chi connectivity index (χ1) is 13.7. The summed E-state index contributed by atoms with van der Waals surface area (Å²) in [7, 11) is 3.04. The highest BCUT2D eigenvalue weighted by Crippen LogP contribution is 2.28. The van der Waals surface area contributed by atoms with Gasteiger partial charge in [-0.2, -0.15) is 0 Å². The van der Waals surface area contributed by atoms with Crippen LogP contribution in [0.15, 0.2) is 38.9 Å². The third-order valence-corrected chi connectivity index (χ3v) is 5.89. The van der Waals surface area contributed by atoms with Crippen LogP contribution in [0.5, 0.6) is 0 Å². The molecule has 29 heavy (non-hydrogen) atoms. The molecular formula is C21H24N4O3S. The van der Waals surface area contributed by atoms with Crippen molar-refractivity contribution in [1.29, 1.82) is 0 Å². The molecular weight excluding hydrogens is 388 g/mol. The molecule has 1 aromatic carbocycles. The molecule has 2 heterocycles. The fourth-order valence-electron chi connectivity index (χ4n) is 3.34. The van der Waals surface area contributed by atoms with Crippen LogP contribution >= 0.6 is 11.8 Å². The Balaban J connectivity index is 1.96. The van der Waals surface area contributed by atoms with Gasteiger partial charge in [-0.1, -0.05) is 13.0 Å². The molecule has 0 atom stereocenters. The minimum Gasteiger partial charge on any atom is -0.325 e. The van der Waals surface area contributed by atoms with E-state index in [1.54, 1.807) is 13.2 Å². The van der Waals surface area contributed by atoms with Crippen molar-refractivity contribution in [2.45, 2.75) is 32.1 Å². The van der Waals surface area contributed by atoms with E-state index in [2.05, 4.69) is 10.3 Å². The van der Waals surface area contributed by atoms with Crippen LogP contribution in [0.3, 0.4) is 0 Å². The SMILES string of the molecule is CCc1cnc2c(c1SCC(=O)Nc1cc(C)cc(C)c1)c(=O)n(C)c(=O)n2C. The Hall–Kier alpha value is -2.87. The number of carbonyl (C=O) groups is 1. The Labute approximate surface area is 172 Å². The maximum Gasteiger partial charge on any atom is 0.332 e. The first-order valence-electron chi connectivity index (χ1n) is 9.31. The lowest BCUT2D eigenvalue weighted by Crippen LogP contribution is -2.37. The Bertz CT molecular complexity index is 1210. The number of amides is 1. The summed E-state index contributed by atoms with van der Waals surface area (Å²) >= 11 is 1.29. The summed E-state index contributed by atoms with van der Waals surface area (Å²) in [6.07, 6.45) is 2.33. The van der Waals surface area contributed by atoms with Gasteiger partial charge >= 0.3 is 5.69 Å². The topological polar surface area (TPSA) is 86.0 Å². The number of aryl methyl sites for hydroxylation is 4. The second-order valence-corrected chi connectivity index (χ2v) is 8.07. The normalized spacial score (nSPS) is 11.1. The standard InChI is InChI=1S/C21H24N4O3S/c1-6-14-10-22-19-17(20(27)25(5)21(28)24(19)4)18(14)29-11-16(26)23-15-8-12(2)7-13(3)9-15/h7-10H,6,11H2,1-5H3,(H,23,26). The van der Waals surface area contributed by atoms with Crippen LogP contribution < -0.4 is 16.6 Å². The minimum atomic E-state index is -0.428. The molecule has 0 radical (unpaired) electrons. The highest BCUT2D eigenvalue weighted by atomic mass is 32.2. The van der Waals surface area contributed by atoms with E-state index in [4.69, 9.17) is 0 Å². The number of anilines is 1. The molecule has 0 fully saturated rings. The summed E-state index contributed by atoms with van der Waals surface area (Å²) in [6.45, 7) is 5.93. The molecule has 152 valence electrons. The molecule has 0 saturated heterocycles. The summed E-state index contributed by atoms with van der Waals surface area (Å²) in [4.78, 5) is 42.6. The van der Waals surface area contributed by atoms with Gasteiger partial charge in [-0.25, -0.2) is 9.78 Å². The summed E-state index contributed by atoms with van der Waals surface area (Å²) < 4.78 is 2.43. The molecule has 0 spiro atoms. The number of aromatic nitrogens is 3. The van der Waals surface area contributed by atoms with Crippen molar-refractivity contribution in [2.24, 2.45) is 14.1 Å². The van der Waals surface area contributed by atoms with Crippen molar-refractivity contribution in [1.82, 2.24) is 14.1 Å². The van der Waals surface area contributed by atoms with Crippen molar-refractivity contribution in [3.8, 4) is 0 Å².